The molecule has 0 aliphatic carbocycles. The van der Waals surface area contributed by atoms with Crippen molar-refractivity contribution in [2.75, 3.05) is 19.8 Å². The summed E-state index contributed by atoms with van der Waals surface area (Å²) in [5, 5.41) is 12.0. The van der Waals surface area contributed by atoms with Gasteiger partial charge >= 0.3 is 5.97 Å². The highest BCUT2D eigenvalue weighted by atomic mass is 35.5. The molecule has 1 aromatic carbocycles. The summed E-state index contributed by atoms with van der Waals surface area (Å²) in [6.45, 7) is 0.0625. The fourth-order valence-corrected chi connectivity index (χ4v) is 2.08. The summed E-state index contributed by atoms with van der Waals surface area (Å²) in [6, 6.07) is 6.26. The molecule has 0 bridgehead atoms. The number of carbonyl (C=O) groups is 2. The first-order valence-corrected chi connectivity index (χ1v) is 6.43. The first kappa shape index (κ1) is 14.6. The number of nitrogens with one attached hydrogen (secondary N) is 1. The smallest absolute Gasteiger partial charge is 0.311 e. The number of carboxylic acid groups (broad SMARTS) is 1. The lowest BCUT2D eigenvalue weighted by molar-refractivity contribution is -0.142. The molecule has 1 amide bonds. The molecule has 1 aromatic rings. The predicted octanol–water partition coefficient (Wildman–Crippen LogP) is 0.935. The Morgan fingerprint density at radius 1 is 1.40 bits per heavy atom. The SMILES string of the molecule is O=C(COc1ccccc1Cl)NC1COCC1C(=O)O. The molecule has 108 valence electrons. The lowest BCUT2D eigenvalue weighted by Gasteiger charge is -2.16. The van der Waals surface area contributed by atoms with Gasteiger partial charge in [-0.1, -0.05) is 23.7 Å². The van der Waals surface area contributed by atoms with E-state index in [1.807, 2.05) is 0 Å². The molecule has 0 saturated carbocycles. The third-order valence-corrected chi connectivity index (χ3v) is 3.25. The predicted molar refractivity (Wildman–Crippen MR) is 70.8 cm³/mol. The van der Waals surface area contributed by atoms with E-state index in [0.717, 1.165) is 0 Å². The van der Waals surface area contributed by atoms with Gasteiger partial charge in [0.2, 0.25) is 0 Å². The summed E-state index contributed by atoms with van der Waals surface area (Å²) in [6.07, 6.45) is 0. The fraction of sp³-hybridized carbons (Fsp3) is 0.385. The number of aliphatic carboxylic acids is 1. The monoisotopic (exact) mass is 299 g/mol. The van der Waals surface area contributed by atoms with Crippen LogP contribution in [0.4, 0.5) is 0 Å². The number of carbonyl (C=O) groups excluding carboxylic acids is 1. The van der Waals surface area contributed by atoms with Crippen LogP contribution in [-0.4, -0.2) is 42.8 Å². The van der Waals surface area contributed by atoms with Crippen LogP contribution < -0.4 is 10.1 Å². The van der Waals surface area contributed by atoms with Gasteiger partial charge in [-0.2, -0.15) is 0 Å². The molecule has 2 rings (SSSR count). The number of para-hydroxylation sites is 1. The topological polar surface area (TPSA) is 84.9 Å². The number of hydrogen-bond donors (Lipinski definition) is 2. The summed E-state index contributed by atoms with van der Waals surface area (Å²) in [5.74, 6) is -1.72. The summed E-state index contributed by atoms with van der Waals surface area (Å²) in [4.78, 5) is 22.7. The highest BCUT2D eigenvalue weighted by Gasteiger charge is 2.35. The van der Waals surface area contributed by atoms with Crippen molar-refractivity contribution in [2.24, 2.45) is 5.92 Å². The zero-order valence-corrected chi connectivity index (χ0v) is 11.3. The Balaban J connectivity index is 1.84. The molecule has 1 aliphatic rings. The number of carboxylic acids is 1. The van der Waals surface area contributed by atoms with Crippen LogP contribution in [0, 0.1) is 5.92 Å². The van der Waals surface area contributed by atoms with E-state index in [4.69, 9.17) is 26.2 Å². The van der Waals surface area contributed by atoms with Crippen LogP contribution in [0.5, 0.6) is 5.75 Å². The Kier molecular flexibility index (Phi) is 4.81. The van der Waals surface area contributed by atoms with Crippen LogP contribution in [0.15, 0.2) is 24.3 Å². The molecule has 0 spiro atoms. The van der Waals surface area contributed by atoms with E-state index in [-0.39, 0.29) is 19.8 Å². The minimum atomic E-state index is -0.986. The van der Waals surface area contributed by atoms with Crippen LogP contribution in [0.25, 0.3) is 0 Å². The number of halogens is 1. The van der Waals surface area contributed by atoms with Gasteiger partial charge in [-0.3, -0.25) is 9.59 Å². The van der Waals surface area contributed by atoms with Crippen molar-refractivity contribution in [3.63, 3.8) is 0 Å². The Morgan fingerprint density at radius 3 is 2.85 bits per heavy atom. The quantitative estimate of drug-likeness (QED) is 0.845. The van der Waals surface area contributed by atoms with Gasteiger partial charge in [0.05, 0.1) is 24.3 Å². The van der Waals surface area contributed by atoms with E-state index in [9.17, 15) is 9.59 Å². The van der Waals surface area contributed by atoms with Crippen molar-refractivity contribution in [3.05, 3.63) is 29.3 Å². The van der Waals surface area contributed by atoms with Crippen LogP contribution in [0.2, 0.25) is 5.02 Å². The number of benzene rings is 1. The molecule has 0 radical (unpaired) electrons. The lowest BCUT2D eigenvalue weighted by atomic mass is 10.0. The lowest BCUT2D eigenvalue weighted by Crippen LogP contribution is -2.44. The van der Waals surface area contributed by atoms with Crippen LogP contribution in [0.3, 0.4) is 0 Å². The molecule has 1 saturated heterocycles. The molecular weight excluding hydrogens is 286 g/mol. The first-order chi connectivity index (χ1) is 9.58. The third-order valence-electron chi connectivity index (χ3n) is 2.94. The van der Waals surface area contributed by atoms with Crippen LogP contribution >= 0.6 is 11.6 Å². The molecule has 1 fully saturated rings. The largest absolute Gasteiger partial charge is 0.482 e. The van der Waals surface area contributed by atoms with Crippen molar-refractivity contribution in [1.82, 2.24) is 5.32 Å². The number of amides is 1. The average Bonchev–Trinajstić information content (AvgIpc) is 2.86. The van der Waals surface area contributed by atoms with Gasteiger partial charge in [0.25, 0.3) is 5.91 Å². The molecule has 6 nitrogen and oxygen atoms in total. The maximum absolute atomic E-state index is 11.7. The van der Waals surface area contributed by atoms with Crippen molar-refractivity contribution in [2.45, 2.75) is 6.04 Å². The zero-order valence-electron chi connectivity index (χ0n) is 10.5. The molecule has 1 heterocycles. The summed E-state index contributed by atoms with van der Waals surface area (Å²) < 4.78 is 10.3. The highest BCUT2D eigenvalue weighted by molar-refractivity contribution is 6.32. The molecule has 1 aliphatic heterocycles. The maximum atomic E-state index is 11.7. The highest BCUT2D eigenvalue weighted by Crippen LogP contribution is 2.22. The molecular formula is C13H14ClNO5. The molecule has 20 heavy (non-hydrogen) atoms. The Bertz CT molecular complexity index is 507. The van der Waals surface area contributed by atoms with Crippen molar-refractivity contribution >= 4 is 23.5 Å². The summed E-state index contributed by atoms with van der Waals surface area (Å²) in [7, 11) is 0. The van der Waals surface area contributed by atoms with E-state index in [2.05, 4.69) is 5.32 Å². The van der Waals surface area contributed by atoms with E-state index >= 15 is 0 Å². The van der Waals surface area contributed by atoms with Crippen LogP contribution in [-0.2, 0) is 14.3 Å². The second kappa shape index (κ2) is 6.58. The Labute approximate surface area is 120 Å². The van der Waals surface area contributed by atoms with Gasteiger partial charge in [-0.05, 0) is 12.1 Å². The van der Waals surface area contributed by atoms with Gasteiger partial charge in [0.15, 0.2) is 6.61 Å². The van der Waals surface area contributed by atoms with Crippen molar-refractivity contribution in [1.29, 1.82) is 0 Å². The van der Waals surface area contributed by atoms with Gasteiger partial charge in [-0.15, -0.1) is 0 Å². The molecule has 2 atom stereocenters. The standard InChI is InChI=1S/C13H14ClNO5/c14-9-3-1-2-4-11(9)20-7-12(16)15-10-6-19-5-8(10)13(17)18/h1-4,8,10H,5-7H2,(H,15,16)(H,17,18). The van der Waals surface area contributed by atoms with Gasteiger partial charge < -0.3 is 19.9 Å². The molecule has 0 aromatic heterocycles. The van der Waals surface area contributed by atoms with E-state index in [1.165, 1.54) is 0 Å². The summed E-state index contributed by atoms with van der Waals surface area (Å²) in [5.41, 5.74) is 0. The van der Waals surface area contributed by atoms with Crippen molar-refractivity contribution in [3.8, 4) is 5.75 Å². The zero-order chi connectivity index (χ0) is 14.5. The van der Waals surface area contributed by atoms with E-state index in [0.29, 0.717) is 10.8 Å². The minimum Gasteiger partial charge on any atom is -0.482 e. The number of ether oxygens (including phenoxy) is 2. The Hall–Kier alpha value is -1.79. The maximum Gasteiger partial charge on any atom is 0.311 e. The van der Waals surface area contributed by atoms with Gasteiger partial charge in [-0.25, -0.2) is 0 Å². The average molecular weight is 300 g/mol. The fourth-order valence-electron chi connectivity index (χ4n) is 1.89. The molecule has 2 N–H and O–H groups in total. The van der Waals surface area contributed by atoms with E-state index in [1.54, 1.807) is 24.3 Å². The van der Waals surface area contributed by atoms with E-state index < -0.39 is 23.8 Å². The molecule has 2 unspecified atom stereocenters. The number of rotatable bonds is 5. The third kappa shape index (κ3) is 3.61. The van der Waals surface area contributed by atoms with Gasteiger partial charge in [0.1, 0.15) is 11.7 Å². The summed E-state index contributed by atoms with van der Waals surface area (Å²) >= 11 is 5.89. The van der Waals surface area contributed by atoms with Crippen LogP contribution in [0.1, 0.15) is 0 Å². The number of hydrogen-bond acceptors (Lipinski definition) is 4. The normalized spacial score (nSPS) is 21.4. The Morgan fingerprint density at radius 2 is 2.15 bits per heavy atom. The first-order valence-electron chi connectivity index (χ1n) is 6.05. The van der Waals surface area contributed by atoms with Gasteiger partial charge in [0, 0.05) is 0 Å². The second-order valence-electron chi connectivity index (χ2n) is 4.38. The molecule has 7 heteroatoms. The second-order valence-corrected chi connectivity index (χ2v) is 4.78. The minimum absolute atomic E-state index is 0.103. The van der Waals surface area contributed by atoms with Crippen molar-refractivity contribution < 1.29 is 24.2 Å².